The number of carboxylic acid groups (broad SMARTS) is 1. The first-order valence-corrected chi connectivity index (χ1v) is 8.40. The lowest BCUT2D eigenvalue weighted by Gasteiger charge is -2.31. The molecule has 0 spiro atoms. The Balaban J connectivity index is 1.83. The molecule has 1 saturated heterocycles. The van der Waals surface area contributed by atoms with Gasteiger partial charge in [-0.15, -0.1) is 0 Å². The van der Waals surface area contributed by atoms with Crippen LogP contribution >= 0.6 is 0 Å². The Morgan fingerprint density at radius 2 is 2.00 bits per heavy atom. The molecule has 1 fully saturated rings. The number of aliphatic carboxylic acids is 1. The van der Waals surface area contributed by atoms with Gasteiger partial charge in [0, 0.05) is 23.9 Å². The molecule has 1 atom stereocenters. The fraction of sp³-hybridized carbons (Fsp3) is 0.316. The molecular formula is C19H21N3O4. The monoisotopic (exact) mass is 355 g/mol. The fourth-order valence-electron chi connectivity index (χ4n) is 3.04. The number of rotatable bonds is 4. The van der Waals surface area contributed by atoms with Crippen LogP contribution in [-0.4, -0.2) is 57.5 Å². The smallest absolute Gasteiger partial charge is 0.328 e. The highest BCUT2D eigenvalue weighted by molar-refractivity contribution is 5.94. The average molecular weight is 355 g/mol. The largest absolute Gasteiger partial charge is 0.480 e. The Hall–Kier alpha value is -2.93. The third-order valence-corrected chi connectivity index (χ3v) is 4.44. The molecule has 0 bridgehead atoms. The molecule has 1 aromatic carbocycles. The Bertz CT molecular complexity index is 842. The van der Waals surface area contributed by atoms with Crippen LogP contribution < -0.4 is 0 Å². The lowest BCUT2D eigenvalue weighted by Crippen LogP contribution is -2.52. The van der Waals surface area contributed by atoms with Crippen LogP contribution in [0.3, 0.4) is 0 Å². The van der Waals surface area contributed by atoms with E-state index < -0.39 is 12.0 Å². The summed E-state index contributed by atoms with van der Waals surface area (Å²) in [5, 5.41) is 13.8. The number of hydrogen-bond acceptors (Lipinski definition) is 4. The number of carboxylic acids is 1. The first-order chi connectivity index (χ1) is 12.5. The van der Waals surface area contributed by atoms with Crippen LogP contribution in [0.15, 0.2) is 36.4 Å². The minimum absolute atomic E-state index is 0.0128. The number of aromatic nitrogens is 2. The summed E-state index contributed by atoms with van der Waals surface area (Å²) in [5.41, 5.74) is 3.50. The second kappa shape index (κ2) is 7.53. The zero-order valence-electron chi connectivity index (χ0n) is 14.8. The summed E-state index contributed by atoms with van der Waals surface area (Å²) in [4.78, 5) is 25.1. The van der Waals surface area contributed by atoms with E-state index in [9.17, 15) is 14.7 Å². The van der Waals surface area contributed by atoms with Gasteiger partial charge in [0.25, 0.3) is 0 Å². The lowest BCUT2D eigenvalue weighted by atomic mass is 10.1. The van der Waals surface area contributed by atoms with Crippen LogP contribution in [0.4, 0.5) is 0 Å². The van der Waals surface area contributed by atoms with Crippen molar-refractivity contribution in [2.75, 3.05) is 19.8 Å². The quantitative estimate of drug-likeness (QED) is 0.846. The number of morpholine rings is 1. The molecule has 2 heterocycles. The van der Waals surface area contributed by atoms with Crippen LogP contribution in [0.25, 0.3) is 11.8 Å². The molecule has 1 N–H and O–H groups in total. The van der Waals surface area contributed by atoms with E-state index in [2.05, 4.69) is 5.10 Å². The van der Waals surface area contributed by atoms with Gasteiger partial charge in [-0.25, -0.2) is 9.48 Å². The first kappa shape index (κ1) is 17.9. The fourth-order valence-corrected chi connectivity index (χ4v) is 3.04. The number of amides is 1. The SMILES string of the molecule is Cc1nn(-c2ccccc2)c(C)c1/C=C/C(=O)N1CCOCC1C(=O)O. The van der Waals surface area contributed by atoms with E-state index in [0.29, 0.717) is 6.61 Å². The summed E-state index contributed by atoms with van der Waals surface area (Å²) >= 11 is 0. The Morgan fingerprint density at radius 3 is 2.69 bits per heavy atom. The number of ether oxygens (including phenoxy) is 1. The molecule has 1 aromatic heterocycles. The van der Waals surface area contributed by atoms with Gasteiger partial charge in [-0.2, -0.15) is 5.10 Å². The van der Waals surface area contributed by atoms with Crippen molar-refractivity contribution in [3.63, 3.8) is 0 Å². The van der Waals surface area contributed by atoms with Gasteiger partial charge in [0.05, 0.1) is 24.6 Å². The normalized spacial score (nSPS) is 17.6. The molecule has 7 heteroatoms. The van der Waals surface area contributed by atoms with E-state index in [1.807, 2.05) is 48.9 Å². The van der Waals surface area contributed by atoms with E-state index in [0.717, 1.165) is 22.6 Å². The van der Waals surface area contributed by atoms with Crippen molar-refractivity contribution in [1.82, 2.24) is 14.7 Å². The van der Waals surface area contributed by atoms with Crippen LogP contribution in [0, 0.1) is 13.8 Å². The second-order valence-electron chi connectivity index (χ2n) is 6.13. The van der Waals surface area contributed by atoms with Gasteiger partial charge >= 0.3 is 5.97 Å². The molecule has 0 aliphatic carbocycles. The van der Waals surface area contributed by atoms with Crippen LogP contribution in [0.1, 0.15) is 17.0 Å². The van der Waals surface area contributed by atoms with E-state index in [4.69, 9.17) is 4.74 Å². The number of nitrogens with zero attached hydrogens (tertiary/aromatic N) is 3. The number of para-hydroxylation sites is 1. The number of benzene rings is 1. The summed E-state index contributed by atoms with van der Waals surface area (Å²) in [7, 11) is 0. The molecule has 26 heavy (non-hydrogen) atoms. The van der Waals surface area contributed by atoms with Crippen LogP contribution in [0.2, 0.25) is 0 Å². The highest BCUT2D eigenvalue weighted by atomic mass is 16.5. The van der Waals surface area contributed by atoms with Crippen molar-refractivity contribution in [1.29, 1.82) is 0 Å². The summed E-state index contributed by atoms with van der Waals surface area (Å²) in [6.07, 6.45) is 3.11. The number of carbonyl (C=O) groups is 2. The topological polar surface area (TPSA) is 84.7 Å². The molecule has 1 aliphatic heterocycles. The van der Waals surface area contributed by atoms with Crippen molar-refractivity contribution >= 4 is 18.0 Å². The lowest BCUT2D eigenvalue weighted by molar-refractivity contribution is -0.156. The summed E-state index contributed by atoms with van der Waals surface area (Å²) in [6.45, 7) is 4.44. The van der Waals surface area contributed by atoms with Gasteiger partial charge in [0.15, 0.2) is 6.04 Å². The molecule has 1 unspecified atom stereocenters. The molecule has 0 radical (unpaired) electrons. The van der Waals surface area contributed by atoms with Gasteiger partial charge in [-0.05, 0) is 32.1 Å². The molecule has 136 valence electrons. The Morgan fingerprint density at radius 1 is 1.27 bits per heavy atom. The third kappa shape index (κ3) is 3.52. The van der Waals surface area contributed by atoms with E-state index in [1.54, 1.807) is 6.08 Å². The van der Waals surface area contributed by atoms with Crippen molar-refractivity contribution in [2.45, 2.75) is 19.9 Å². The van der Waals surface area contributed by atoms with E-state index in [1.165, 1.54) is 11.0 Å². The van der Waals surface area contributed by atoms with Gasteiger partial charge in [0.1, 0.15) is 0 Å². The molecule has 0 saturated carbocycles. The standard InChI is InChI=1S/C19H21N3O4/c1-13-16(14(2)22(20-13)15-6-4-3-5-7-15)8-9-18(23)21-10-11-26-12-17(21)19(24)25/h3-9,17H,10-12H2,1-2H3,(H,24,25)/b9-8+. The Labute approximate surface area is 151 Å². The minimum atomic E-state index is -1.06. The third-order valence-electron chi connectivity index (χ3n) is 4.44. The predicted octanol–water partition coefficient (Wildman–Crippen LogP) is 1.81. The number of aryl methyl sites for hydroxylation is 1. The second-order valence-corrected chi connectivity index (χ2v) is 6.13. The van der Waals surface area contributed by atoms with Gasteiger partial charge in [-0.1, -0.05) is 18.2 Å². The maximum Gasteiger partial charge on any atom is 0.328 e. The highest BCUT2D eigenvalue weighted by Crippen LogP contribution is 2.19. The maximum absolute atomic E-state index is 12.5. The predicted molar refractivity (Wildman–Crippen MR) is 96.0 cm³/mol. The van der Waals surface area contributed by atoms with Gasteiger partial charge in [0.2, 0.25) is 5.91 Å². The first-order valence-electron chi connectivity index (χ1n) is 8.40. The molecule has 7 nitrogen and oxygen atoms in total. The van der Waals surface area contributed by atoms with E-state index in [-0.39, 0.29) is 19.1 Å². The zero-order chi connectivity index (χ0) is 18.7. The van der Waals surface area contributed by atoms with Crippen LogP contribution in [-0.2, 0) is 14.3 Å². The van der Waals surface area contributed by atoms with Crippen molar-refractivity contribution in [2.24, 2.45) is 0 Å². The van der Waals surface area contributed by atoms with Crippen molar-refractivity contribution in [3.8, 4) is 5.69 Å². The molecule has 3 rings (SSSR count). The maximum atomic E-state index is 12.5. The van der Waals surface area contributed by atoms with Gasteiger partial charge < -0.3 is 14.7 Å². The molecule has 1 aliphatic rings. The summed E-state index contributed by atoms with van der Waals surface area (Å²) < 4.78 is 6.99. The molecule has 2 aromatic rings. The zero-order valence-corrected chi connectivity index (χ0v) is 14.8. The molecular weight excluding hydrogens is 334 g/mol. The van der Waals surface area contributed by atoms with Crippen LogP contribution in [0.5, 0.6) is 0 Å². The average Bonchev–Trinajstić information content (AvgIpc) is 2.94. The minimum Gasteiger partial charge on any atom is -0.480 e. The summed E-state index contributed by atoms with van der Waals surface area (Å²) in [6, 6.07) is 8.79. The van der Waals surface area contributed by atoms with Crippen molar-refractivity contribution < 1.29 is 19.4 Å². The highest BCUT2D eigenvalue weighted by Gasteiger charge is 2.31. The van der Waals surface area contributed by atoms with Crippen molar-refractivity contribution in [3.05, 3.63) is 53.4 Å². The van der Waals surface area contributed by atoms with E-state index >= 15 is 0 Å². The van der Waals surface area contributed by atoms with Gasteiger partial charge in [-0.3, -0.25) is 4.79 Å². The molecule has 1 amide bonds. The number of carbonyl (C=O) groups excluding carboxylic acids is 1. The summed E-state index contributed by atoms with van der Waals surface area (Å²) in [5.74, 6) is -1.40. The number of hydrogen-bond donors (Lipinski definition) is 1. The Kier molecular flexibility index (Phi) is 5.18.